The zero-order valence-electron chi connectivity index (χ0n) is 21.1. The summed E-state index contributed by atoms with van der Waals surface area (Å²) in [5.41, 5.74) is 5.52. The van der Waals surface area contributed by atoms with Gasteiger partial charge in [-0.05, 0) is 37.1 Å². The summed E-state index contributed by atoms with van der Waals surface area (Å²) in [6.07, 6.45) is -0.448. The number of hydrogen-bond donors (Lipinski definition) is 3. The number of halogens is 2. The Balaban J connectivity index is 1.49. The van der Waals surface area contributed by atoms with Crippen molar-refractivity contribution in [2.75, 3.05) is 18.9 Å². The molecule has 4 amide bonds. The summed E-state index contributed by atoms with van der Waals surface area (Å²) in [6, 6.07) is 7.30. The van der Waals surface area contributed by atoms with Crippen LogP contribution in [0, 0.1) is 11.6 Å². The number of rotatable bonds is 6. The van der Waals surface area contributed by atoms with Crippen molar-refractivity contribution in [3.8, 4) is 0 Å². The van der Waals surface area contributed by atoms with Crippen LogP contribution in [0.3, 0.4) is 0 Å². The number of hydrogen-bond acceptors (Lipinski definition) is 5. The maximum atomic E-state index is 14.2. The van der Waals surface area contributed by atoms with Gasteiger partial charge in [0.2, 0.25) is 17.7 Å². The van der Waals surface area contributed by atoms with Crippen LogP contribution in [0.25, 0.3) is 10.9 Å². The van der Waals surface area contributed by atoms with Crippen molar-refractivity contribution in [1.82, 2.24) is 14.8 Å². The quantitative estimate of drug-likeness (QED) is 0.439. The average molecular weight is 538 g/mol. The molecule has 1 saturated heterocycles. The van der Waals surface area contributed by atoms with Gasteiger partial charge in [0.05, 0.1) is 10.9 Å². The van der Waals surface area contributed by atoms with Crippen LogP contribution in [0.5, 0.6) is 0 Å². The molecule has 2 aromatic carbocycles. The van der Waals surface area contributed by atoms with E-state index in [1.54, 1.807) is 24.3 Å². The summed E-state index contributed by atoms with van der Waals surface area (Å²) in [5, 5.41) is 2.76. The van der Waals surface area contributed by atoms with E-state index in [0.29, 0.717) is 17.3 Å². The van der Waals surface area contributed by atoms with Gasteiger partial charge in [0.25, 0.3) is 5.91 Å². The lowest BCUT2D eigenvalue weighted by Crippen LogP contribution is -2.54. The topological polar surface area (TPSA) is 146 Å². The van der Waals surface area contributed by atoms with Crippen molar-refractivity contribution in [1.29, 1.82) is 0 Å². The molecule has 2 aliphatic rings. The molecule has 1 aromatic heterocycles. The van der Waals surface area contributed by atoms with Crippen molar-refractivity contribution in [3.05, 3.63) is 65.4 Å². The second kappa shape index (κ2) is 9.29. The first-order chi connectivity index (χ1) is 18.4. The first-order valence-electron chi connectivity index (χ1n) is 12.2. The highest BCUT2D eigenvalue weighted by Gasteiger charge is 2.57. The van der Waals surface area contributed by atoms with Crippen molar-refractivity contribution < 1.29 is 32.8 Å². The van der Waals surface area contributed by atoms with Crippen LogP contribution in [0.15, 0.2) is 42.5 Å². The summed E-state index contributed by atoms with van der Waals surface area (Å²) >= 11 is 0. The van der Waals surface area contributed by atoms with Crippen LogP contribution in [0.2, 0.25) is 0 Å². The number of anilines is 1. The third kappa shape index (κ3) is 4.21. The zero-order chi connectivity index (χ0) is 28.2. The maximum Gasteiger partial charge on any atom is 0.270 e. The number of amides is 4. The molecule has 0 aliphatic carbocycles. The molecule has 1 fully saturated rings. The molecule has 0 bridgehead atoms. The number of carbonyl (C=O) groups excluding carboxylic acids is 5. The van der Waals surface area contributed by atoms with E-state index < -0.39 is 52.6 Å². The molecule has 10 nitrogen and oxygen atoms in total. The largest absolute Gasteiger partial charge is 0.368 e. The van der Waals surface area contributed by atoms with E-state index in [-0.39, 0.29) is 41.9 Å². The predicted molar refractivity (Wildman–Crippen MR) is 135 cm³/mol. The first-order valence-corrected chi connectivity index (χ1v) is 12.2. The lowest BCUT2D eigenvalue weighted by molar-refractivity contribution is -0.142. The van der Waals surface area contributed by atoms with E-state index in [4.69, 9.17) is 5.73 Å². The van der Waals surface area contributed by atoms with Gasteiger partial charge in [-0.2, -0.15) is 0 Å². The minimum Gasteiger partial charge on any atom is -0.368 e. The molecule has 0 saturated carbocycles. The number of Topliss-reactive ketones (excluding diaryl/α,β-unsaturated/α-hetero) is 1. The number of nitrogens with zero attached hydrogens (tertiary/aromatic N) is 2. The number of likely N-dealkylation sites (N-methyl/N-ethyl adjacent to an activating group) is 1. The Labute approximate surface area is 221 Å². The Morgan fingerprint density at radius 2 is 1.90 bits per heavy atom. The molecule has 3 heterocycles. The highest BCUT2D eigenvalue weighted by molar-refractivity contribution is 6.09. The molecule has 0 radical (unpaired) electrons. The summed E-state index contributed by atoms with van der Waals surface area (Å²) < 4.78 is 27.9. The van der Waals surface area contributed by atoms with E-state index in [2.05, 4.69) is 10.3 Å². The number of benzene rings is 2. The van der Waals surface area contributed by atoms with Crippen LogP contribution in [-0.2, 0) is 24.6 Å². The molecule has 3 aromatic rings. The molecule has 5 rings (SSSR count). The van der Waals surface area contributed by atoms with Crippen molar-refractivity contribution in [2.24, 2.45) is 5.73 Å². The minimum absolute atomic E-state index is 0.0243. The van der Waals surface area contributed by atoms with Crippen LogP contribution in [0.1, 0.15) is 35.8 Å². The molecule has 202 valence electrons. The molecular formula is C27H25F2N5O5. The van der Waals surface area contributed by atoms with E-state index in [9.17, 15) is 32.8 Å². The molecular weight excluding hydrogens is 512 g/mol. The number of nitrogens with two attached hydrogens (primary N) is 1. The molecule has 1 spiro atoms. The molecule has 12 heteroatoms. The molecule has 3 atom stereocenters. The smallest absolute Gasteiger partial charge is 0.270 e. The van der Waals surface area contributed by atoms with Gasteiger partial charge in [0.1, 0.15) is 35.2 Å². The standard InChI is InChI=1S/C27H25F2N5O5/c1-13(35)7-21(33(2)24(37)20-10-15-17(29)8-14(28)9-19(15)31-20)25(38)34-12-27(11-22(34)23(30)36)16-5-3-4-6-18(16)32-26(27)39/h3-6,8-10,21-22,31H,7,11-12H2,1-2H3,(H2,30,36)(H,32,39)/t21-,22-,27-/m0/s1. The van der Waals surface area contributed by atoms with Gasteiger partial charge in [-0.15, -0.1) is 0 Å². The Morgan fingerprint density at radius 3 is 2.59 bits per heavy atom. The molecule has 39 heavy (non-hydrogen) atoms. The Bertz CT molecular complexity index is 1570. The van der Waals surface area contributed by atoms with E-state index in [1.807, 2.05) is 0 Å². The molecule has 0 unspecified atom stereocenters. The van der Waals surface area contributed by atoms with Gasteiger partial charge in [-0.25, -0.2) is 8.78 Å². The molecule has 2 aliphatic heterocycles. The van der Waals surface area contributed by atoms with Crippen LogP contribution in [-0.4, -0.2) is 69.9 Å². The van der Waals surface area contributed by atoms with Gasteiger partial charge in [0, 0.05) is 37.2 Å². The fourth-order valence-electron chi connectivity index (χ4n) is 5.59. The lowest BCUT2D eigenvalue weighted by Gasteiger charge is -2.32. The number of carbonyl (C=O) groups is 5. The lowest BCUT2D eigenvalue weighted by atomic mass is 9.79. The first kappa shape index (κ1) is 26.0. The predicted octanol–water partition coefficient (Wildman–Crippen LogP) is 1.84. The maximum absolute atomic E-state index is 14.2. The van der Waals surface area contributed by atoms with Gasteiger partial charge in [0.15, 0.2) is 0 Å². The fourth-order valence-corrected chi connectivity index (χ4v) is 5.59. The van der Waals surface area contributed by atoms with Gasteiger partial charge in [-0.1, -0.05) is 18.2 Å². The fraction of sp³-hybridized carbons (Fsp3) is 0.296. The summed E-state index contributed by atoms with van der Waals surface area (Å²) in [5.74, 6) is -4.85. The number of primary amides is 1. The van der Waals surface area contributed by atoms with Gasteiger partial charge >= 0.3 is 0 Å². The SMILES string of the molecule is CC(=O)C[C@@H](C(=O)N1C[C@]2(C[C@H]1C(N)=O)C(=O)Nc1ccccc12)N(C)C(=O)c1cc2c(F)cc(F)cc2[nH]1. The van der Waals surface area contributed by atoms with Crippen LogP contribution < -0.4 is 11.1 Å². The van der Waals surface area contributed by atoms with E-state index in [1.165, 1.54) is 20.0 Å². The summed E-state index contributed by atoms with van der Waals surface area (Å²) in [6.45, 7) is 1.06. The number of aromatic nitrogens is 1. The van der Waals surface area contributed by atoms with Crippen LogP contribution >= 0.6 is 0 Å². The van der Waals surface area contributed by atoms with Crippen LogP contribution in [0.4, 0.5) is 14.5 Å². The minimum atomic E-state index is -1.36. The Morgan fingerprint density at radius 1 is 1.18 bits per heavy atom. The number of fused-ring (bicyclic) bond motifs is 3. The molecule has 4 N–H and O–H groups in total. The second-order valence-electron chi connectivity index (χ2n) is 10.0. The number of H-pyrrole nitrogens is 1. The highest BCUT2D eigenvalue weighted by atomic mass is 19.1. The normalized spacial score (nSPS) is 20.7. The van der Waals surface area contributed by atoms with Crippen molar-refractivity contribution >= 4 is 46.0 Å². The van der Waals surface area contributed by atoms with Gasteiger partial charge < -0.3 is 25.8 Å². The average Bonchev–Trinajstić information content (AvgIpc) is 3.56. The van der Waals surface area contributed by atoms with Gasteiger partial charge in [-0.3, -0.25) is 24.0 Å². The Kier molecular flexibility index (Phi) is 6.20. The number of para-hydroxylation sites is 1. The van der Waals surface area contributed by atoms with Crippen molar-refractivity contribution in [2.45, 2.75) is 37.3 Å². The second-order valence-corrected chi connectivity index (χ2v) is 10.0. The number of aromatic amines is 1. The Hall–Kier alpha value is -4.61. The number of nitrogens with one attached hydrogen (secondary N) is 2. The number of ketones is 1. The monoisotopic (exact) mass is 537 g/mol. The number of likely N-dealkylation sites (tertiary alicyclic amines) is 1. The summed E-state index contributed by atoms with van der Waals surface area (Å²) in [7, 11) is 1.29. The van der Waals surface area contributed by atoms with E-state index in [0.717, 1.165) is 15.9 Å². The van der Waals surface area contributed by atoms with Crippen molar-refractivity contribution in [3.63, 3.8) is 0 Å². The third-order valence-electron chi connectivity index (χ3n) is 7.53. The third-order valence-corrected chi connectivity index (χ3v) is 7.53. The van der Waals surface area contributed by atoms with E-state index >= 15 is 0 Å². The summed E-state index contributed by atoms with van der Waals surface area (Å²) in [4.78, 5) is 69.9. The highest BCUT2D eigenvalue weighted by Crippen LogP contribution is 2.46. The zero-order valence-corrected chi connectivity index (χ0v) is 21.1.